The second kappa shape index (κ2) is 6.34. The third-order valence-electron chi connectivity index (χ3n) is 4.24. The van der Waals surface area contributed by atoms with Crippen molar-refractivity contribution in [2.45, 2.75) is 57.2 Å². The molecule has 0 amide bonds. The van der Waals surface area contributed by atoms with Gasteiger partial charge in [-0.2, -0.15) is 4.74 Å². The number of aliphatic hydroxyl groups is 1. The zero-order valence-corrected chi connectivity index (χ0v) is 14.1. The lowest BCUT2D eigenvalue weighted by Crippen LogP contribution is -2.58. The van der Waals surface area contributed by atoms with Gasteiger partial charge in [0.05, 0.1) is 11.0 Å². The summed E-state index contributed by atoms with van der Waals surface area (Å²) in [6.07, 6.45) is -2.73. The summed E-state index contributed by atoms with van der Waals surface area (Å²) >= 11 is 0. The molecule has 0 saturated carbocycles. The average molecular weight is 352 g/mol. The Morgan fingerprint density at radius 2 is 1.76 bits per heavy atom. The fourth-order valence-electron chi connectivity index (χ4n) is 3.10. The molecule has 0 radical (unpaired) electrons. The minimum Gasteiger partial charge on any atom is -0.622 e. The topological polar surface area (TPSA) is 117 Å². The SMILES string of the molecule is C[C@@H]1OC(/[N+]([O-])=C\c2ccc([N+](=O)[O-])cc2)[C@@H](O)[C@@H]2OC(C)(C)O[C@@H]21. The summed E-state index contributed by atoms with van der Waals surface area (Å²) in [6, 6.07) is 5.49. The zero-order chi connectivity index (χ0) is 18.4. The molecule has 2 heterocycles. The number of ether oxygens (including phenoxy) is 3. The van der Waals surface area contributed by atoms with Crippen molar-refractivity contribution in [1.29, 1.82) is 0 Å². The van der Waals surface area contributed by atoms with Gasteiger partial charge in [-0.15, -0.1) is 0 Å². The Hall–Kier alpha value is -2.07. The van der Waals surface area contributed by atoms with E-state index in [-0.39, 0.29) is 5.69 Å². The van der Waals surface area contributed by atoms with Crippen LogP contribution in [0, 0.1) is 15.3 Å². The van der Waals surface area contributed by atoms with E-state index in [0.717, 1.165) is 0 Å². The number of non-ortho nitro benzene ring substituents is 1. The van der Waals surface area contributed by atoms with E-state index in [1.54, 1.807) is 20.8 Å². The van der Waals surface area contributed by atoms with Gasteiger partial charge in [-0.25, -0.2) is 0 Å². The normalized spacial score (nSPS) is 34.6. The average Bonchev–Trinajstić information content (AvgIpc) is 2.87. The third kappa shape index (κ3) is 3.49. The Morgan fingerprint density at radius 3 is 2.36 bits per heavy atom. The van der Waals surface area contributed by atoms with Gasteiger partial charge in [0.2, 0.25) is 0 Å². The smallest absolute Gasteiger partial charge is 0.297 e. The maximum Gasteiger partial charge on any atom is 0.297 e. The molecule has 9 nitrogen and oxygen atoms in total. The second-order valence-electron chi connectivity index (χ2n) is 6.62. The standard InChI is InChI=1S/C16H20N2O7/c1-9-13-14(25-16(2,3)24-13)12(19)15(23-9)17(20)8-10-4-6-11(7-5-10)18(21)22/h4-9,12-15,19H,1-3H3/b17-8+/t9-,12-,13+,14-,15?/m0/s1. The van der Waals surface area contributed by atoms with Gasteiger partial charge in [0.25, 0.3) is 11.9 Å². The Morgan fingerprint density at radius 1 is 1.16 bits per heavy atom. The van der Waals surface area contributed by atoms with Crippen LogP contribution in [-0.2, 0) is 14.2 Å². The zero-order valence-electron chi connectivity index (χ0n) is 14.1. The van der Waals surface area contributed by atoms with Crippen LogP contribution < -0.4 is 0 Å². The van der Waals surface area contributed by atoms with Crippen LogP contribution in [0.1, 0.15) is 26.3 Å². The van der Waals surface area contributed by atoms with Crippen molar-refractivity contribution in [1.82, 2.24) is 0 Å². The van der Waals surface area contributed by atoms with E-state index in [4.69, 9.17) is 14.2 Å². The first-order chi connectivity index (χ1) is 11.7. The highest BCUT2D eigenvalue weighted by atomic mass is 16.8. The third-order valence-corrected chi connectivity index (χ3v) is 4.24. The van der Waals surface area contributed by atoms with Gasteiger partial charge in [0, 0.05) is 17.7 Å². The molecule has 5 atom stereocenters. The Balaban J connectivity index is 1.79. The quantitative estimate of drug-likeness (QED) is 0.285. The number of benzene rings is 1. The molecule has 2 aliphatic rings. The lowest BCUT2D eigenvalue weighted by molar-refractivity contribution is -0.581. The van der Waals surface area contributed by atoms with Crippen LogP contribution in [0.15, 0.2) is 24.3 Å². The summed E-state index contributed by atoms with van der Waals surface area (Å²) in [5.41, 5.74) is 0.383. The first-order valence-electron chi connectivity index (χ1n) is 7.92. The summed E-state index contributed by atoms with van der Waals surface area (Å²) in [5.74, 6) is -0.862. The molecular formula is C16H20N2O7. The van der Waals surface area contributed by atoms with E-state index in [0.29, 0.717) is 10.3 Å². The summed E-state index contributed by atoms with van der Waals surface area (Å²) in [7, 11) is 0. The fraction of sp³-hybridized carbons (Fsp3) is 0.562. The van der Waals surface area contributed by atoms with Crippen molar-refractivity contribution < 1.29 is 29.0 Å². The van der Waals surface area contributed by atoms with Crippen LogP contribution in [0.5, 0.6) is 0 Å². The van der Waals surface area contributed by atoms with Crippen molar-refractivity contribution >= 4 is 11.9 Å². The second-order valence-corrected chi connectivity index (χ2v) is 6.62. The molecule has 1 aromatic rings. The van der Waals surface area contributed by atoms with Gasteiger partial charge in [-0.05, 0) is 32.9 Å². The van der Waals surface area contributed by atoms with Crippen LogP contribution in [0.4, 0.5) is 5.69 Å². The highest BCUT2D eigenvalue weighted by Crippen LogP contribution is 2.37. The van der Waals surface area contributed by atoms with Crippen LogP contribution in [0.3, 0.4) is 0 Å². The molecule has 2 aliphatic heterocycles. The van der Waals surface area contributed by atoms with E-state index in [1.807, 2.05) is 0 Å². The molecule has 0 bridgehead atoms. The van der Waals surface area contributed by atoms with Crippen molar-refractivity contribution in [2.75, 3.05) is 0 Å². The number of nitro groups is 1. The minimum absolute atomic E-state index is 0.0706. The van der Waals surface area contributed by atoms with E-state index >= 15 is 0 Å². The lowest BCUT2D eigenvalue weighted by Gasteiger charge is -2.36. The van der Waals surface area contributed by atoms with Gasteiger partial charge in [-0.1, -0.05) is 0 Å². The fourth-order valence-corrected chi connectivity index (χ4v) is 3.10. The number of nitrogens with zero attached hydrogens (tertiary/aromatic N) is 2. The van der Waals surface area contributed by atoms with Gasteiger partial charge in [0.1, 0.15) is 12.2 Å². The summed E-state index contributed by atoms with van der Waals surface area (Å²) in [4.78, 5) is 10.1. The molecule has 0 spiro atoms. The van der Waals surface area contributed by atoms with Crippen molar-refractivity contribution in [3.8, 4) is 0 Å². The molecule has 1 aromatic carbocycles. The molecule has 25 heavy (non-hydrogen) atoms. The highest BCUT2D eigenvalue weighted by Gasteiger charge is 2.56. The molecular weight excluding hydrogens is 332 g/mol. The first-order valence-corrected chi connectivity index (χ1v) is 7.92. The largest absolute Gasteiger partial charge is 0.622 e. The van der Waals surface area contributed by atoms with Gasteiger partial charge >= 0.3 is 0 Å². The maximum absolute atomic E-state index is 12.4. The van der Waals surface area contributed by atoms with Crippen molar-refractivity contribution in [2.24, 2.45) is 0 Å². The predicted octanol–water partition coefficient (Wildman–Crippen LogP) is 1.15. The molecule has 9 heteroatoms. The lowest BCUT2D eigenvalue weighted by atomic mass is 9.99. The van der Waals surface area contributed by atoms with E-state index < -0.39 is 41.4 Å². The Bertz CT molecular complexity index is 688. The van der Waals surface area contributed by atoms with Crippen LogP contribution in [0.25, 0.3) is 0 Å². The van der Waals surface area contributed by atoms with Crippen molar-refractivity contribution in [3.63, 3.8) is 0 Å². The van der Waals surface area contributed by atoms with E-state index in [1.165, 1.54) is 30.5 Å². The number of fused-ring (bicyclic) bond motifs is 1. The number of nitro benzene ring substituents is 1. The monoisotopic (exact) mass is 352 g/mol. The summed E-state index contributed by atoms with van der Waals surface area (Å²) in [6.45, 7) is 5.22. The minimum atomic E-state index is -1.20. The maximum atomic E-state index is 12.4. The van der Waals surface area contributed by atoms with Crippen molar-refractivity contribution in [3.05, 3.63) is 45.2 Å². The number of hydrogen-bond acceptors (Lipinski definition) is 7. The van der Waals surface area contributed by atoms with E-state index in [2.05, 4.69) is 0 Å². The van der Waals surface area contributed by atoms with Gasteiger partial charge < -0.3 is 24.5 Å². The number of aliphatic hydroxyl groups excluding tert-OH is 1. The molecule has 136 valence electrons. The Labute approximate surface area is 144 Å². The molecule has 1 N–H and O–H groups in total. The summed E-state index contributed by atoms with van der Waals surface area (Å²) < 4.78 is 17.5. The van der Waals surface area contributed by atoms with Gasteiger partial charge in [-0.3, -0.25) is 10.1 Å². The molecule has 2 saturated heterocycles. The molecule has 1 unspecified atom stereocenters. The van der Waals surface area contributed by atoms with E-state index in [9.17, 15) is 20.4 Å². The highest BCUT2D eigenvalue weighted by molar-refractivity contribution is 5.76. The predicted molar refractivity (Wildman–Crippen MR) is 86.1 cm³/mol. The summed E-state index contributed by atoms with van der Waals surface area (Å²) in [5, 5.41) is 33.6. The van der Waals surface area contributed by atoms with Gasteiger partial charge in [0.15, 0.2) is 18.1 Å². The molecule has 0 aromatic heterocycles. The molecule has 2 fully saturated rings. The first kappa shape index (κ1) is 17.7. The van der Waals surface area contributed by atoms with Crippen LogP contribution >= 0.6 is 0 Å². The molecule has 0 aliphatic carbocycles. The number of rotatable bonds is 3. The van der Waals surface area contributed by atoms with Crippen LogP contribution in [-0.4, -0.2) is 57.4 Å². The molecule has 3 rings (SSSR count). The van der Waals surface area contributed by atoms with Crippen LogP contribution in [0.2, 0.25) is 0 Å². The number of hydroxylamine groups is 1. The Kier molecular flexibility index (Phi) is 4.50. The number of hydrogen-bond donors (Lipinski definition) is 1.